The Kier molecular flexibility index (Phi) is 5.38. The van der Waals surface area contributed by atoms with Crippen LogP contribution in [0.2, 0.25) is 5.02 Å². The third-order valence-corrected chi connectivity index (χ3v) is 5.29. The summed E-state index contributed by atoms with van der Waals surface area (Å²) in [6, 6.07) is 9.43. The summed E-state index contributed by atoms with van der Waals surface area (Å²) in [5.41, 5.74) is 0.701. The molecule has 1 aromatic heterocycles. The van der Waals surface area contributed by atoms with E-state index in [9.17, 15) is 22.4 Å². The van der Waals surface area contributed by atoms with Crippen molar-refractivity contribution in [3.05, 3.63) is 86.0 Å². The summed E-state index contributed by atoms with van der Waals surface area (Å²) in [6.07, 6.45) is -4.12. The van der Waals surface area contributed by atoms with Gasteiger partial charge in [-0.1, -0.05) is 17.7 Å². The SMILES string of the molecule is O=c1[nH]c(-c2ccc(Cl)cc2)nc2c1CN(Cc1ccc(C(F)(F)F)cc1F)CC2. The van der Waals surface area contributed by atoms with Crippen LogP contribution in [0.5, 0.6) is 0 Å². The molecule has 156 valence electrons. The summed E-state index contributed by atoms with van der Waals surface area (Å²) in [7, 11) is 0. The van der Waals surface area contributed by atoms with Crippen molar-refractivity contribution in [2.75, 3.05) is 6.54 Å². The minimum atomic E-state index is -4.59. The summed E-state index contributed by atoms with van der Waals surface area (Å²) >= 11 is 5.89. The molecule has 0 fully saturated rings. The van der Waals surface area contributed by atoms with E-state index in [-0.39, 0.29) is 24.2 Å². The van der Waals surface area contributed by atoms with Gasteiger partial charge in [0.05, 0.1) is 16.8 Å². The average molecular weight is 438 g/mol. The minimum absolute atomic E-state index is 0.0990. The number of halogens is 5. The molecule has 4 nitrogen and oxygen atoms in total. The first-order chi connectivity index (χ1) is 14.2. The van der Waals surface area contributed by atoms with Crippen LogP contribution in [0.4, 0.5) is 17.6 Å². The second kappa shape index (κ2) is 7.85. The highest BCUT2D eigenvalue weighted by Crippen LogP contribution is 2.30. The minimum Gasteiger partial charge on any atom is -0.306 e. The van der Waals surface area contributed by atoms with Crippen LogP contribution in [0.15, 0.2) is 47.3 Å². The van der Waals surface area contributed by atoms with E-state index >= 15 is 0 Å². The zero-order chi connectivity index (χ0) is 21.5. The van der Waals surface area contributed by atoms with Crippen molar-refractivity contribution in [2.45, 2.75) is 25.7 Å². The van der Waals surface area contributed by atoms with Crippen molar-refractivity contribution in [2.24, 2.45) is 0 Å². The Morgan fingerprint density at radius 1 is 1.13 bits per heavy atom. The second-order valence-electron chi connectivity index (χ2n) is 7.11. The van der Waals surface area contributed by atoms with Crippen molar-refractivity contribution in [1.29, 1.82) is 0 Å². The molecular formula is C21H16ClF4N3O. The van der Waals surface area contributed by atoms with Crippen LogP contribution >= 0.6 is 11.6 Å². The Labute approximate surface area is 174 Å². The first-order valence-corrected chi connectivity index (χ1v) is 9.54. The molecule has 0 unspecified atom stereocenters. The standard InChI is InChI=1S/C21H16ClF4N3O/c22-15-5-2-12(3-6-15)19-27-18-7-8-29(11-16(18)20(30)28-19)10-13-1-4-14(9-17(13)23)21(24,25)26/h1-6,9H,7-8,10-11H2,(H,27,28,30). The van der Waals surface area contributed by atoms with Gasteiger partial charge in [-0.05, 0) is 36.4 Å². The van der Waals surface area contributed by atoms with Gasteiger partial charge in [-0.2, -0.15) is 13.2 Å². The van der Waals surface area contributed by atoms with E-state index in [1.165, 1.54) is 0 Å². The molecule has 2 aromatic carbocycles. The van der Waals surface area contributed by atoms with Crippen molar-refractivity contribution >= 4 is 11.6 Å². The molecule has 30 heavy (non-hydrogen) atoms. The highest BCUT2D eigenvalue weighted by atomic mass is 35.5. The van der Waals surface area contributed by atoms with Crippen LogP contribution in [-0.4, -0.2) is 21.4 Å². The van der Waals surface area contributed by atoms with Crippen molar-refractivity contribution in [1.82, 2.24) is 14.9 Å². The molecule has 0 spiro atoms. The number of nitrogens with one attached hydrogen (secondary N) is 1. The topological polar surface area (TPSA) is 49.0 Å². The van der Waals surface area contributed by atoms with E-state index in [0.29, 0.717) is 41.1 Å². The van der Waals surface area contributed by atoms with Gasteiger partial charge in [-0.3, -0.25) is 9.69 Å². The predicted octanol–water partition coefficient (Wildman–Crippen LogP) is 4.81. The van der Waals surface area contributed by atoms with E-state index in [0.717, 1.165) is 17.7 Å². The molecule has 0 bridgehead atoms. The fourth-order valence-corrected chi connectivity index (χ4v) is 3.58. The molecule has 1 aliphatic rings. The lowest BCUT2D eigenvalue weighted by atomic mass is 10.0. The first-order valence-electron chi connectivity index (χ1n) is 9.16. The van der Waals surface area contributed by atoms with Gasteiger partial charge < -0.3 is 4.98 Å². The number of rotatable bonds is 3. The molecule has 4 rings (SSSR count). The van der Waals surface area contributed by atoms with Gasteiger partial charge >= 0.3 is 6.18 Å². The summed E-state index contributed by atoms with van der Waals surface area (Å²) in [5, 5.41) is 0.574. The van der Waals surface area contributed by atoms with Crippen LogP contribution < -0.4 is 5.56 Å². The lowest BCUT2D eigenvalue weighted by Gasteiger charge is -2.28. The number of fused-ring (bicyclic) bond motifs is 1. The van der Waals surface area contributed by atoms with Crippen LogP contribution in [-0.2, 0) is 25.7 Å². The van der Waals surface area contributed by atoms with Gasteiger partial charge in [0.1, 0.15) is 11.6 Å². The highest BCUT2D eigenvalue weighted by molar-refractivity contribution is 6.30. The van der Waals surface area contributed by atoms with E-state index in [1.54, 1.807) is 24.3 Å². The number of hydrogen-bond donors (Lipinski definition) is 1. The lowest BCUT2D eigenvalue weighted by molar-refractivity contribution is -0.137. The van der Waals surface area contributed by atoms with Crippen molar-refractivity contribution < 1.29 is 17.6 Å². The number of aromatic amines is 1. The first kappa shape index (κ1) is 20.6. The van der Waals surface area contributed by atoms with Crippen LogP contribution in [0.1, 0.15) is 22.4 Å². The predicted molar refractivity (Wildman–Crippen MR) is 105 cm³/mol. The number of benzene rings is 2. The maximum atomic E-state index is 14.2. The normalized spacial score (nSPS) is 14.6. The van der Waals surface area contributed by atoms with Gasteiger partial charge in [0, 0.05) is 42.2 Å². The van der Waals surface area contributed by atoms with Gasteiger partial charge in [0.2, 0.25) is 0 Å². The van der Waals surface area contributed by atoms with E-state index < -0.39 is 17.6 Å². The maximum absolute atomic E-state index is 14.2. The van der Waals surface area contributed by atoms with Crippen LogP contribution in [0.25, 0.3) is 11.4 Å². The number of aromatic nitrogens is 2. The highest BCUT2D eigenvalue weighted by Gasteiger charge is 2.31. The number of alkyl halides is 3. The third kappa shape index (κ3) is 4.24. The third-order valence-electron chi connectivity index (χ3n) is 5.04. The Morgan fingerprint density at radius 2 is 1.87 bits per heavy atom. The fourth-order valence-electron chi connectivity index (χ4n) is 3.45. The van der Waals surface area contributed by atoms with E-state index in [2.05, 4.69) is 9.97 Å². The molecule has 0 saturated heterocycles. The molecule has 9 heteroatoms. The zero-order valence-electron chi connectivity index (χ0n) is 15.6. The Hall–Kier alpha value is -2.71. The van der Waals surface area contributed by atoms with Crippen LogP contribution in [0, 0.1) is 5.82 Å². The summed E-state index contributed by atoms with van der Waals surface area (Å²) in [4.78, 5) is 21.7. The van der Waals surface area contributed by atoms with Gasteiger partial charge in [-0.25, -0.2) is 9.37 Å². The fraction of sp³-hybridized carbons (Fsp3) is 0.238. The molecule has 1 aliphatic heterocycles. The van der Waals surface area contributed by atoms with Gasteiger partial charge in [0.25, 0.3) is 5.56 Å². The Bertz CT molecular complexity index is 1140. The molecule has 2 heterocycles. The lowest BCUT2D eigenvalue weighted by Crippen LogP contribution is -2.35. The van der Waals surface area contributed by atoms with Crippen molar-refractivity contribution in [3.63, 3.8) is 0 Å². The monoisotopic (exact) mass is 437 g/mol. The molecule has 0 saturated carbocycles. The number of H-pyrrole nitrogens is 1. The Morgan fingerprint density at radius 3 is 2.53 bits per heavy atom. The molecule has 1 N–H and O–H groups in total. The summed E-state index contributed by atoms with van der Waals surface area (Å²) < 4.78 is 52.3. The summed E-state index contributed by atoms with van der Waals surface area (Å²) in [5.74, 6) is -0.474. The molecule has 0 radical (unpaired) electrons. The quantitative estimate of drug-likeness (QED) is 0.598. The van der Waals surface area contributed by atoms with Crippen LogP contribution in [0.3, 0.4) is 0 Å². The summed E-state index contributed by atoms with van der Waals surface area (Å²) in [6.45, 7) is 0.838. The Balaban J connectivity index is 1.54. The van der Waals surface area contributed by atoms with E-state index in [4.69, 9.17) is 11.6 Å². The average Bonchev–Trinajstić information content (AvgIpc) is 2.69. The molecule has 0 amide bonds. The van der Waals surface area contributed by atoms with Gasteiger partial charge in [-0.15, -0.1) is 0 Å². The largest absolute Gasteiger partial charge is 0.416 e. The van der Waals surface area contributed by atoms with Gasteiger partial charge in [0.15, 0.2) is 0 Å². The number of nitrogens with zero attached hydrogens (tertiary/aromatic N) is 2. The molecule has 3 aromatic rings. The molecule has 0 aliphatic carbocycles. The maximum Gasteiger partial charge on any atom is 0.416 e. The smallest absolute Gasteiger partial charge is 0.306 e. The second-order valence-corrected chi connectivity index (χ2v) is 7.55. The zero-order valence-corrected chi connectivity index (χ0v) is 16.3. The molecule has 0 atom stereocenters. The van der Waals surface area contributed by atoms with Crippen molar-refractivity contribution in [3.8, 4) is 11.4 Å². The van der Waals surface area contributed by atoms with E-state index in [1.807, 2.05) is 4.90 Å². The number of hydrogen-bond acceptors (Lipinski definition) is 3. The molecular weight excluding hydrogens is 422 g/mol.